The van der Waals surface area contributed by atoms with Crippen LogP contribution in [0.2, 0.25) is 5.02 Å². The summed E-state index contributed by atoms with van der Waals surface area (Å²) in [6.45, 7) is 1.49. The predicted molar refractivity (Wildman–Crippen MR) is 49.7 cm³/mol. The Morgan fingerprint density at radius 1 is 1.58 bits per heavy atom. The fourth-order valence-electron chi connectivity index (χ4n) is 0.863. The molecule has 12 heavy (non-hydrogen) atoms. The zero-order chi connectivity index (χ0) is 9.30. The molecule has 0 aromatic heterocycles. The van der Waals surface area contributed by atoms with Crippen LogP contribution in [0.25, 0.3) is 0 Å². The van der Waals surface area contributed by atoms with Gasteiger partial charge in [0.05, 0.1) is 11.1 Å². The molecule has 0 fully saturated rings. The van der Waals surface area contributed by atoms with E-state index >= 15 is 0 Å². The van der Waals surface area contributed by atoms with Gasteiger partial charge in [0.15, 0.2) is 0 Å². The van der Waals surface area contributed by atoms with Crippen LogP contribution in [0, 0.1) is 5.82 Å². The summed E-state index contributed by atoms with van der Waals surface area (Å²) in [5.41, 5.74) is 0.211. The normalized spacial score (nSPS) is 13.1. The highest BCUT2D eigenvalue weighted by atomic mass is 79.9. The van der Waals surface area contributed by atoms with E-state index in [0.717, 1.165) is 0 Å². The van der Waals surface area contributed by atoms with Crippen molar-refractivity contribution in [1.82, 2.24) is 0 Å². The molecule has 0 radical (unpaired) electrons. The summed E-state index contributed by atoms with van der Waals surface area (Å²) >= 11 is 8.67. The van der Waals surface area contributed by atoms with Gasteiger partial charge in [-0.3, -0.25) is 0 Å². The van der Waals surface area contributed by atoms with E-state index in [2.05, 4.69) is 15.9 Å². The van der Waals surface area contributed by atoms with E-state index in [-0.39, 0.29) is 10.6 Å². The SMILES string of the molecule is CC(O)c1ccc(Br)c(Cl)c1F. The summed E-state index contributed by atoms with van der Waals surface area (Å²) in [4.78, 5) is 0. The number of benzene rings is 1. The molecule has 0 aliphatic carbocycles. The molecule has 1 unspecified atom stereocenters. The van der Waals surface area contributed by atoms with Gasteiger partial charge in [0.25, 0.3) is 0 Å². The number of aliphatic hydroxyl groups excluding tert-OH is 1. The van der Waals surface area contributed by atoms with Gasteiger partial charge in [0.2, 0.25) is 0 Å². The molecule has 0 amide bonds. The van der Waals surface area contributed by atoms with Crippen LogP contribution in [0.15, 0.2) is 16.6 Å². The summed E-state index contributed by atoms with van der Waals surface area (Å²) in [6.07, 6.45) is -0.837. The Bertz CT molecular complexity index is 301. The van der Waals surface area contributed by atoms with Crippen LogP contribution in [-0.2, 0) is 0 Å². The van der Waals surface area contributed by atoms with Gasteiger partial charge < -0.3 is 5.11 Å². The van der Waals surface area contributed by atoms with Gasteiger partial charge in [-0.15, -0.1) is 0 Å². The van der Waals surface area contributed by atoms with Gasteiger partial charge in [0.1, 0.15) is 5.82 Å². The van der Waals surface area contributed by atoms with E-state index in [0.29, 0.717) is 4.47 Å². The Morgan fingerprint density at radius 3 is 2.67 bits per heavy atom. The fourth-order valence-corrected chi connectivity index (χ4v) is 1.34. The van der Waals surface area contributed by atoms with Gasteiger partial charge in [-0.25, -0.2) is 4.39 Å². The second-order valence-corrected chi connectivity index (χ2v) is 3.67. The van der Waals surface area contributed by atoms with Crippen LogP contribution < -0.4 is 0 Å². The van der Waals surface area contributed by atoms with E-state index < -0.39 is 11.9 Å². The Kier molecular flexibility index (Phi) is 3.09. The van der Waals surface area contributed by atoms with E-state index in [1.165, 1.54) is 13.0 Å². The number of halogens is 3. The standard InChI is InChI=1S/C8H7BrClFO/c1-4(12)5-2-3-6(9)7(10)8(5)11/h2-4,12H,1H3. The first-order chi connectivity index (χ1) is 5.54. The summed E-state index contributed by atoms with van der Waals surface area (Å²) in [7, 11) is 0. The second kappa shape index (κ2) is 3.73. The maximum Gasteiger partial charge on any atom is 0.148 e. The molecule has 0 spiro atoms. The van der Waals surface area contributed by atoms with Crippen molar-refractivity contribution in [3.05, 3.63) is 33.0 Å². The van der Waals surface area contributed by atoms with Crippen molar-refractivity contribution in [3.8, 4) is 0 Å². The lowest BCUT2D eigenvalue weighted by atomic mass is 10.1. The molecule has 1 aromatic carbocycles. The molecule has 1 nitrogen and oxygen atoms in total. The molecule has 4 heteroatoms. The third kappa shape index (κ3) is 1.79. The Labute approximate surface area is 83.3 Å². The van der Waals surface area contributed by atoms with Gasteiger partial charge in [-0.2, -0.15) is 0 Å². The fraction of sp³-hybridized carbons (Fsp3) is 0.250. The molecule has 0 bridgehead atoms. The molecule has 1 rings (SSSR count). The van der Waals surface area contributed by atoms with Gasteiger partial charge in [0, 0.05) is 10.0 Å². The summed E-state index contributed by atoms with van der Waals surface area (Å²) in [5.74, 6) is -0.568. The van der Waals surface area contributed by atoms with Gasteiger partial charge in [-0.1, -0.05) is 17.7 Å². The van der Waals surface area contributed by atoms with Gasteiger partial charge >= 0.3 is 0 Å². The van der Waals surface area contributed by atoms with E-state index in [9.17, 15) is 4.39 Å². The lowest BCUT2D eigenvalue weighted by Gasteiger charge is -2.07. The van der Waals surface area contributed by atoms with Crippen molar-refractivity contribution in [1.29, 1.82) is 0 Å². The zero-order valence-electron chi connectivity index (χ0n) is 6.31. The number of rotatable bonds is 1. The van der Waals surface area contributed by atoms with Crippen LogP contribution in [0.5, 0.6) is 0 Å². The van der Waals surface area contributed by atoms with Crippen LogP contribution in [0.3, 0.4) is 0 Å². The van der Waals surface area contributed by atoms with Crippen LogP contribution in [0.4, 0.5) is 4.39 Å². The smallest absolute Gasteiger partial charge is 0.148 e. The lowest BCUT2D eigenvalue weighted by Crippen LogP contribution is -1.96. The molecular weight excluding hydrogens is 246 g/mol. The van der Waals surface area contributed by atoms with Crippen LogP contribution >= 0.6 is 27.5 Å². The molecule has 0 aliphatic heterocycles. The highest BCUT2D eigenvalue weighted by Gasteiger charge is 2.13. The van der Waals surface area contributed by atoms with E-state index in [4.69, 9.17) is 16.7 Å². The molecule has 0 heterocycles. The zero-order valence-corrected chi connectivity index (χ0v) is 8.66. The van der Waals surface area contributed by atoms with Crippen LogP contribution in [0.1, 0.15) is 18.6 Å². The average molecular weight is 253 g/mol. The first-order valence-electron chi connectivity index (χ1n) is 3.35. The topological polar surface area (TPSA) is 20.2 Å². The first-order valence-corrected chi connectivity index (χ1v) is 4.52. The van der Waals surface area contributed by atoms with Crippen molar-refractivity contribution in [2.75, 3.05) is 0 Å². The Morgan fingerprint density at radius 2 is 2.17 bits per heavy atom. The van der Waals surface area contributed by atoms with E-state index in [1.807, 2.05) is 0 Å². The summed E-state index contributed by atoms with van der Waals surface area (Å²) in [6, 6.07) is 3.10. The minimum atomic E-state index is -0.837. The lowest BCUT2D eigenvalue weighted by molar-refractivity contribution is 0.194. The minimum Gasteiger partial charge on any atom is -0.389 e. The second-order valence-electron chi connectivity index (χ2n) is 2.44. The number of hydrogen-bond donors (Lipinski definition) is 1. The van der Waals surface area contributed by atoms with Gasteiger partial charge in [-0.05, 0) is 28.9 Å². The van der Waals surface area contributed by atoms with Crippen molar-refractivity contribution >= 4 is 27.5 Å². The first kappa shape index (κ1) is 9.96. The molecule has 0 saturated carbocycles. The molecule has 1 N–H and O–H groups in total. The summed E-state index contributed by atoms with van der Waals surface area (Å²) in [5, 5.41) is 9.11. The average Bonchev–Trinajstić information content (AvgIpc) is 2.00. The highest BCUT2D eigenvalue weighted by molar-refractivity contribution is 9.10. The van der Waals surface area contributed by atoms with Crippen molar-refractivity contribution in [3.63, 3.8) is 0 Å². The third-order valence-electron chi connectivity index (χ3n) is 1.52. The van der Waals surface area contributed by atoms with Crippen LogP contribution in [-0.4, -0.2) is 5.11 Å². The maximum atomic E-state index is 13.2. The van der Waals surface area contributed by atoms with Crippen molar-refractivity contribution in [2.24, 2.45) is 0 Å². The van der Waals surface area contributed by atoms with E-state index in [1.54, 1.807) is 6.07 Å². The number of hydrogen-bond acceptors (Lipinski definition) is 1. The van der Waals surface area contributed by atoms with Crippen molar-refractivity contribution < 1.29 is 9.50 Å². The quantitative estimate of drug-likeness (QED) is 0.762. The Balaban J connectivity index is 3.27. The highest BCUT2D eigenvalue weighted by Crippen LogP contribution is 2.29. The molecule has 1 aromatic rings. The minimum absolute atomic E-state index is 0.00778. The molecule has 1 atom stereocenters. The molecule has 0 aliphatic rings. The third-order valence-corrected chi connectivity index (χ3v) is 2.77. The monoisotopic (exact) mass is 252 g/mol. The molecular formula is C8H7BrClFO. The Hall–Kier alpha value is -0.120. The maximum absolute atomic E-state index is 13.2. The number of aliphatic hydroxyl groups is 1. The largest absolute Gasteiger partial charge is 0.389 e. The molecule has 0 saturated heterocycles. The van der Waals surface area contributed by atoms with Crippen molar-refractivity contribution in [2.45, 2.75) is 13.0 Å². The predicted octanol–water partition coefficient (Wildman–Crippen LogP) is 3.29. The molecule has 66 valence electrons. The summed E-state index contributed by atoms with van der Waals surface area (Å²) < 4.78 is 13.7.